The van der Waals surface area contributed by atoms with Gasteiger partial charge in [0.1, 0.15) is 11.6 Å². The average molecular weight is 296 g/mol. The fourth-order valence-corrected chi connectivity index (χ4v) is 3.45. The van der Waals surface area contributed by atoms with Gasteiger partial charge in [-0.1, -0.05) is 11.6 Å². The van der Waals surface area contributed by atoms with Crippen molar-refractivity contribution in [1.82, 2.24) is 0 Å². The number of hydrogen-bond donors (Lipinski definition) is 1. The molecule has 102 valence electrons. The molecule has 0 heterocycles. The second kappa shape index (κ2) is 6.64. The lowest BCUT2D eigenvalue weighted by molar-refractivity contribution is 0.212. The van der Waals surface area contributed by atoms with E-state index in [9.17, 15) is 8.96 Å². The van der Waals surface area contributed by atoms with E-state index in [2.05, 4.69) is 0 Å². The molecule has 0 unspecified atom stereocenters. The summed E-state index contributed by atoms with van der Waals surface area (Å²) < 4.78 is 35.8. The van der Waals surface area contributed by atoms with Crippen LogP contribution in [0.15, 0.2) is 18.2 Å². The SMILES string of the molecule is CCOP(=O)(OCC)[C@H](N)c1cc(F)ccc1Cl. The molecule has 0 fully saturated rings. The first-order chi connectivity index (χ1) is 8.44. The van der Waals surface area contributed by atoms with Crippen LogP contribution in [0.25, 0.3) is 0 Å². The van der Waals surface area contributed by atoms with E-state index in [1.165, 1.54) is 12.1 Å². The van der Waals surface area contributed by atoms with Gasteiger partial charge in [-0.15, -0.1) is 0 Å². The average Bonchev–Trinajstić information content (AvgIpc) is 2.32. The Balaban J connectivity index is 3.13. The van der Waals surface area contributed by atoms with Gasteiger partial charge in [0.2, 0.25) is 0 Å². The van der Waals surface area contributed by atoms with Crippen LogP contribution in [0.4, 0.5) is 4.39 Å². The van der Waals surface area contributed by atoms with Gasteiger partial charge < -0.3 is 14.8 Å². The van der Waals surface area contributed by atoms with E-state index in [1.54, 1.807) is 13.8 Å². The molecule has 0 spiro atoms. The summed E-state index contributed by atoms with van der Waals surface area (Å²) in [7, 11) is -3.55. The van der Waals surface area contributed by atoms with Crippen molar-refractivity contribution in [2.24, 2.45) is 5.73 Å². The van der Waals surface area contributed by atoms with Gasteiger partial charge in [0.25, 0.3) is 0 Å². The zero-order valence-electron chi connectivity index (χ0n) is 10.2. The third-order valence-corrected chi connectivity index (χ3v) is 4.78. The van der Waals surface area contributed by atoms with Gasteiger partial charge in [0, 0.05) is 10.6 Å². The van der Waals surface area contributed by atoms with Gasteiger partial charge in [-0.2, -0.15) is 0 Å². The van der Waals surface area contributed by atoms with Crippen molar-refractivity contribution < 1.29 is 18.0 Å². The van der Waals surface area contributed by atoms with Crippen molar-refractivity contribution in [3.05, 3.63) is 34.6 Å². The Hall–Kier alpha value is -0.450. The first kappa shape index (κ1) is 15.6. The summed E-state index contributed by atoms with van der Waals surface area (Å²) in [5, 5.41) is 0.225. The third kappa shape index (κ3) is 3.53. The van der Waals surface area contributed by atoms with Gasteiger partial charge in [-0.05, 0) is 32.0 Å². The molecule has 1 aromatic carbocycles. The van der Waals surface area contributed by atoms with Crippen molar-refractivity contribution >= 4 is 19.2 Å². The third-order valence-electron chi connectivity index (χ3n) is 2.24. The topological polar surface area (TPSA) is 61.5 Å². The second-order valence-corrected chi connectivity index (χ2v) is 6.05. The van der Waals surface area contributed by atoms with Gasteiger partial charge in [0.05, 0.1) is 13.2 Å². The van der Waals surface area contributed by atoms with Gasteiger partial charge in [-0.25, -0.2) is 4.39 Å². The quantitative estimate of drug-likeness (QED) is 0.813. The lowest BCUT2D eigenvalue weighted by atomic mass is 10.2. The predicted molar refractivity (Wildman–Crippen MR) is 69.2 cm³/mol. The summed E-state index contributed by atoms with van der Waals surface area (Å²) in [6, 6.07) is 3.69. The van der Waals surface area contributed by atoms with Crippen LogP contribution in [0.3, 0.4) is 0 Å². The first-order valence-electron chi connectivity index (χ1n) is 5.54. The number of hydrogen-bond acceptors (Lipinski definition) is 4. The van der Waals surface area contributed by atoms with E-state index in [-0.39, 0.29) is 23.8 Å². The van der Waals surface area contributed by atoms with Crippen LogP contribution >= 0.6 is 19.2 Å². The van der Waals surface area contributed by atoms with Crippen molar-refractivity contribution in [1.29, 1.82) is 0 Å². The predicted octanol–water partition coefficient (Wildman–Crippen LogP) is 3.70. The van der Waals surface area contributed by atoms with Crippen molar-refractivity contribution in [2.75, 3.05) is 13.2 Å². The largest absolute Gasteiger partial charge is 0.351 e. The van der Waals surface area contributed by atoms with Gasteiger partial charge in [0.15, 0.2) is 0 Å². The lowest BCUT2D eigenvalue weighted by Crippen LogP contribution is -2.15. The molecule has 0 aliphatic heterocycles. The Labute approximate surface area is 111 Å². The number of benzene rings is 1. The molecule has 0 saturated carbocycles. The Morgan fingerprint density at radius 1 is 1.39 bits per heavy atom. The highest BCUT2D eigenvalue weighted by Crippen LogP contribution is 2.59. The summed E-state index contributed by atoms with van der Waals surface area (Å²) in [6.07, 6.45) is 0. The Morgan fingerprint density at radius 3 is 2.44 bits per heavy atom. The number of nitrogens with two attached hydrogens (primary N) is 1. The van der Waals surface area contributed by atoms with Crippen LogP contribution in [0, 0.1) is 5.82 Å². The standard InChI is InChI=1S/C11H16ClFNO3P/c1-3-16-18(15,17-4-2)11(14)9-7-8(13)5-6-10(9)12/h5-7,11H,3-4,14H2,1-2H3/t11-/m0/s1. The Kier molecular flexibility index (Phi) is 5.76. The molecular formula is C11H16ClFNO3P. The molecule has 0 aliphatic carbocycles. The van der Waals surface area contributed by atoms with E-state index in [0.717, 1.165) is 6.07 Å². The minimum Gasteiger partial charge on any atom is -0.314 e. The lowest BCUT2D eigenvalue weighted by Gasteiger charge is -2.24. The monoisotopic (exact) mass is 295 g/mol. The first-order valence-corrected chi connectivity index (χ1v) is 7.53. The Bertz CT molecular complexity index is 448. The molecule has 4 nitrogen and oxygen atoms in total. The van der Waals surface area contributed by atoms with Crippen LogP contribution in [0.5, 0.6) is 0 Å². The van der Waals surface area contributed by atoms with Crippen LogP contribution in [0.2, 0.25) is 5.02 Å². The van der Waals surface area contributed by atoms with E-state index in [1.807, 2.05) is 0 Å². The van der Waals surface area contributed by atoms with Crippen LogP contribution in [0.1, 0.15) is 25.2 Å². The van der Waals surface area contributed by atoms with Gasteiger partial charge in [-0.3, -0.25) is 4.57 Å². The molecule has 2 N–H and O–H groups in total. The molecule has 0 bridgehead atoms. The van der Waals surface area contributed by atoms with Crippen molar-refractivity contribution in [3.8, 4) is 0 Å². The second-order valence-electron chi connectivity index (χ2n) is 3.49. The number of rotatable bonds is 6. The fraction of sp³-hybridized carbons (Fsp3) is 0.455. The molecule has 0 amide bonds. The van der Waals surface area contributed by atoms with Crippen LogP contribution in [-0.4, -0.2) is 13.2 Å². The normalized spacial score (nSPS) is 13.6. The summed E-state index contributed by atoms with van der Waals surface area (Å²) in [5.41, 5.74) is 6.06. The summed E-state index contributed by atoms with van der Waals surface area (Å²) in [4.78, 5) is 0. The Morgan fingerprint density at radius 2 is 1.94 bits per heavy atom. The molecule has 0 aromatic heterocycles. The minimum absolute atomic E-state index is 0.178. The van der Waals surface area contributed by atoms with Crippen LogP contribution in [-0.2, 0) is 13.6 Å². The summed E-state index contributed by atoms with van der Waals surface area (Å²) in [5.74, 6) is -1.62. The number of halogens is 2. The summed E-state index contributed by atoms with van der Waals surface area (Å²) >= 11 is 5.92. The maximum Gasteiger partial charge on any atom is 0.351 e. The molecule has 7 heteroatoms. The molecule has 0 saturated heterocycles. The molecule has 1 rings (SSSR count). The molecular weight excluding hydrogens is 280 g/mol. The maximum atomic E-state index is 13.2. The highest BCUT2D eigenvalue weighted by Gasteiger charge is 2.35. The molecule has 1 aromatic rings. The van der Waals surface area contributed by atoms with Crippen molar-refractivity contribution in [2.45, 2.75) is 19.6 Å². The van der Waals surface area contributed by atoms with Gasteiger partial charge >= 0.3 is 7.60 Å². The highest BCUT2D eigenvalue weighted by molar-refractivity contribution is 7.54. The molecule has 18 heavy (non-hydrogen) atoms. The highest BCUT2D eigenvalue weighted by atomic mass is 35.5. The molecule has 1 atom stereocenters. The smallest absolute Gasteiger partial charge is 0.314 e. The van der Waals surface area contributed by atoms with E-state index < -0.39 is 19.2 Å². The zero-order chi connectivity index (χ0) is 13.8. The minimum atomic E-state index is -3.55. The summed E-state index contributed by atoms with van der Waals surface area (Å²) in [6.45, 7) is 3.70. The van der Waals surface area contributed by atoms with E-state index >= 15 is 0 Å². The fourth-order valence-electron chi connectivity index (χ4n) is 1.47. The van der Waals surface area contributed by atoms with E-state index in [4.69, 9.17) is 26.4 Å². The van der Waals surface area contributed by atoms with Crippen LogP contribution < -0.4 is 5.73 Å². The van der Waals surface area contributed by atoms with Crippen molar-refractivity contribution in [3.63, 3.8) is 0 Å². The van der Waals surface area contributed by atoms with E-state index in [0.29, 0.717) is 0 Å². The molecule has 0 radical (unpaired) electrons. The molecule has 0 aliphatic rings. The zero-order valence-corrected chi connectivity index (χ0v) is 11.9. The maximum absolute atomic E-state index is 13.2.